The van der Waals surface area contributed by atoms with Crippen molar-refractivity contribution in [3.8, 4) is 0 Å². The molecule has 0 aliphatic heterocycles. The molecule has 3 atom stereocenters. The number of aliphatic hydroxyl groups excluding tert-OH is 1. The van der Waals surface area contributed by atoms with Gasteiger partial charge in [-0.25, -0.2) is 0 Å². The third-order valence-corrected chi connectivity index (χ3v) is 7.49. The summed E-state index contributed by atoms with van der Waals surface area (Å²) in [6, 6.07) is 11.4. The Bertz CT molecular complexity index is 882. The van der Waals surface area contributed by atoms with Crippen molar-refractivity contribution < 1.29 is 9.84 Å². The van der Waals surface area contributed by atoms with Gasteiger partial charge in [0.15, 0.2) is 0 Å². The minimum absolute atomic E-state index is 0.0755. The lowest BCUT2D eigenvalue weighted by atomic mass is 9.66. The maximum atomic E-state index is 11.8. The highest BCUT2D eigenvalue weighted by atomic mass is 16.5. The molecule has 0 spiro atoms. The maximum Gasteiger partial charge on any atom is 0.0674 e. The van der Waals surface area contributed by atoms with E-state index in [-0.39, 0.29) is 16.7 Å². The van der Waals surface area contributed by atoms with Gasteiger partial charge in [-0.05, 0) is 73.4 Å². The maximum absolute atomic E-state index is 11.8. The van der Waals surface area contributed by atoms with Gasteiger partial charge in [0.1, 0.15) is 0 Å². The highest BCUT2D eigenvalue weighted by Gasteiger charge is 2.52. The Morgan fingerprint density at radius 1 is 0.964 bits per heavy atom. The van der Waals surface area contributed by atoms with Crippen molar-refractivity contribution in [2.24, 2.45) is 10.8 Å². The van der Waals surface area contributed by atoms with E-state index in [2.05, 4.69) is 65.0 Å². The quantitative estimate of drug-likeness (QED) is 0.805. The number of hydrogen-bond donors (Lipinski definition) is 1. The Labute approximate surface area is 169 Å². The zero-order valence-electron chi connectivity index (χ0n) is 18.2. The largest absolute Gasteiger partial charge is 0.392 e. The highest BCUT2D eigenvalue weighted by Crippen LogP contribution is 2.55. The molecule has 2 aromatic carbocycles. The average molecular weight is 379 g/mol. The predicted octanol–water partition coefficient (Wildman–Crippen LogP) is 5.07. The number of aryl methyl sites for hydroxylation is 3. The monoisotopic (exact) mass is 378 g/mol. The zero-order chi connectivity index (χ0) is 20.3. The van der Waals surface area contributed by atoms with Crippen molar-refractivity contribution in [2.75, 3.05) is 13.7 Å². The molecule has 0 bridgehead atoms. The molecule has 2 aliphatic carbocycles. The van der Waals surface area contributed by atoms with Crippen LogP contribution in [0.3, 0.4) is 0 Å². The van der Waals surface area contributed by atoms with E-state index >= 15 is 0 Å². The summed E-state index contributed by atoms with van der Waals surface area (Å²) in [4.78, 5) is 0. The molecule has 1 N–H and O–H groups in total. The van der Waals surface area contributed by atoms with Crippen molar-refractivity contribution in [3.63, 3.8) is 0 Å². The summed E-state index contributed by atoms with van der Waals surface area (Å²) >= 11 is 0. The second kappa shape index (κ2) is 6.71. The molecule has 0 amide bonds. The van der Waals surface area contributed by atoms with Crippen molar-refractivity contribution >= 4 is 0 Å². The zero-order valence-corrected chi connectivity index (χ0v) is 18.2. The van der Waals surface area contributed by atoms with Gasteiger partial charge in [-0.2, -0.15) is 0 Å². The van der Waals surface area contributed by atoms with Crippen molar-refractivity contribution in [1.29, 1.82) is 0 Å². The van der Waals surface area contributed by atoms with Crippen molar-refractivity contribution in [2.45, 2.75) is 65.9 Å². The molecule has 2 nitrogen and oxygen atoms in total. The molecule has 150 valence electrons. The SMILES string of the molecule is COCC1(C)Cc2cc(C)ccc2C1C(O)C1(C)Cc2cc(C)c(C)cc2C1. The van der Waals surface area contributed by atoms with Gasteiger partial charge >= 0.3 is 0 Å². The summed E-state index contributed by atoms with van der Waals surface area (Å²) in [6.07, 6.45) is 2.47. The first-order chi connectivity index (χ1) is 13.2. The molecule has 2 aliphatic rings. The summed E-state index contributed by atoms with van der Waals surface area (Å²) in [7, 11) is 1.78. The summed E-state index contributed by atoms with van der Waals surface area (Å²) in [6.45, 7) is 11.8. The standard InChI is InChI=1S/C26H34O2/c1-16-7-8-22-21(9-16)14-26(5,15-28-6)23(22)24(27)25(4)12-19-10-17(2)18(3)11-20(19)13-25/h7-11,23-24,27H,12-15H2,1-6H3. The number of methoxy groups -OCH3 is 1. The van der Waals surface area contributed by atoms with Gasteiger partial charge in [0.2, 0.25) is 0 Å². The highest BCUT2D eigenvalue weighted by molar-refractivity contribution is 5.45. The smallest absolute Gasteiger partial charge is 0.0674 e. The number of ether oxygens (including phenoxy) is 1. The summed E-state index contributed by atoms with van der Waals surface area (Å²) in [5.41, 5.74) is 9.31. The fourth-order valence-corrected chi connectivity index (χ4v) is 5.94. The van der Waals surface area contributed by atoms with E-state index in [1.54, 1.807) is 7.11 Å². The lowest BCUT2D eigenvalue weighted by molar-refractivity contribution is -0.0335. The van der Waals surface area contributed by atoms with Crippen LogP contribution in [0.1, 0.15) is 58.7 Å². The fraction of sp³-hybridized carbons (Fsp3) is 0.538. The van der Waals surface area contributed by atoms with Gasteiger partial charge in [-0.3, -0.25) is 0 Å². The molecule has 0 heterocycles. The van der Waals surface area contributed by atoms with E-state index in [4.69, 9.17) is 4.74 Å². The van der Waals surface area contributed by atoms with Crippen LogP contribution in [0.15, 0.2) is 30.3 Å². The summed E-state index contributed by atoms with van der Waals surface area (Å²) in [5.74, 6) is 0.101. The van der Waals surface area contributed by atoms with E-state index < -0.39 is 6.10 Å². The molecule has 0 aromatic heterocycles. The van der Waals surface area contributed by atoms with Gasteiger partial charge in [0, 0.05) is 23.9 Å². The molecule has 3 unspecified atom stereocenters. The molecule has 0 fully saturated rings. The Kier molecular flexibility index (Phi) is 4.71. The molecule has 0 saturated carbocycles. The second-order valence-electron chi connectivity index (χ2n) is 10.1. The van der Waals surface area contributed by atoms with Crippen LogP contribution in [0.5, 0.6) is 0 Å². The first-order valence-electron chi connectivity index (χ1n) is 10.5. The molecule has 2 heteroatoms. The molecule has 28 heavy (non-hydrogen) atoms. The van der Waals surface area contributed by atoms with Crippen molar-refractivity contribution in [1.82, 2.24) is 0 Å². The Hall–Kier alpha value is -1.64. The van der Waals surface area contributed by atoms with Crippen LogP contribution < -0.4 is 0 Å². The Morgan fingerprint density at radius 3 is 2.14 bits per heavy atom. The van der Waals surface area contributed by atoms with E-state index in [1.807, 2.05) is 0 Å². The van der Waals surface area contributed by atoms with Crippen LogP contribution in [0.2, 0.25) is 0 Å². The van der Waals surface area contributed by atoms with E-state index in [0.29, 0.717) is 6.61 Å². The minimum Gasteiger partial charge on any atom is -0.392 e. The number of aliphatic hydroxyl groups is 1. The molecule has 0 radical (unpaired) electrons. The first-order valence-corrected chi connectivity index (χ1v) is 10.5. The number of rotatable bonds is 4. The Morgan fingerprint density at radius 2 is 1.57 bits per heavy atom. The van der Waals surface area contributed by atoms with Crippen LogP contribution in [-0.4, -0.2) is 24.9 Å². The van der Waals surface area contributed by atoms with Gasteiger partial charge in [0.25, 0.3) is 0 Å². The number of benzene rings is 2. The van der Waals surface area contributed by atoms with Crippen LogP contribution in [0.25, 0.3) is 0 Å². The molecule has 2 aromatic rings. The van der Waals surface area contributed by atoms with E-state index in [9.17, 15) is 5.11 Å². The third kappa shape index (κ3) is 3.02. The average Bonchev–Trinajstić information content (AvgIpc) is 3.08. The summed E-state index contributed by atoms with van der Waals surface area (Å²) < 4.78 is 5.65. The topological polar surface area (TPSA) is 29.5 Å². The molecule has 0 saturated heterocycles. The van der Waals surface area contributed by atoms with E-state index in [1.165, 1.54) is 38.9 Å². The van der Waals surface area contributed by atoms with Gasteiger partial charge in [-0.15, -0.1) is 0 Å². The first kappa shape index (κ1) is 19.7. The molecule has 4 rings (SSSR count). The normalized spacial score (nSPS) is 26.2. The van der Waals surface area contributed by atoms with Crippen LogP contribution in [0.4, 0.5) is 0 Å². The van der Waals surface area contributed by atoms with Gasteiger partial charge in [-0.1, -0.05) is 49.7 Å². The van der Waals surface area contributed by atoms with Crippen LogP contribution >= 0.6 is 0 Å². The lowest BCUT2D eigenvalue weighted by Crippen LogP contribution is -2.44. The van der Waals surface area contributed by atoms with Crippen molar-refractivity contribution in [3.05, 3.63) is 69.3 Å². The number of hydrogen-bond acceptors (Lipinski definition) is 2. The van der Waals surface area contributed by atoms with Gasteiger partial charge in [0.05, 0.1) is 12.7 Å². The lowest BCUT2D eigenvalue weighted by Gasteiger charge is -2.42. The van der Waals surface area contributed by atoms with Crippen LogP contribution in [-0.2, 0) is 24.0 Å². The number of fused-ring (bicyclic) bond motifs is 2. The van der Waals surface area contributed by atoms with Crippen LogP contribution in [0, 0.1) is 31.6 Å². The predicted molar refractivity (Wildman–Crippen MR) is 115 cm³/mol. The molecular formula is C26H34O2. The van der Waals surface area contributed by atoms with E-state index in [0.717, 1.165) is 19.3 Å². The molecular weight excluding hydrogens is 344 g/mol. The summed E-state index contributed by atoms with van der Waals surface area (Å²) in [5, 5.41) is 11.8. The van der Waals surface area contributed by atoms with Gasteiger partial charge < -0.3 is 9.84 Å². The Balaban J connectivity index is 1.72. The second-order valence-corrected chi connectivity index (χ2v) is 10.1. The minimum atomic E-state index is -0.399. The fourth-order valence-electron chi connectivity index (χ4n) is 5.94. The third-order valence-electron chi connectivity index (χ3n) is 7.49.